The number of quaternary nitrogens is 1. The molecule has 0 bridgehead atoms. The van der Waals surface area contributed by atoms with Crippen LogP contribution in [0.5, 0.6) is 0 Å². The average molecular weight is 681 g/mol. The molecular formula is C38H69N2O6P. The van der Waals surface area contributed by atoms with E-state index in [4.69, 9.17) is 9.05 Å². The molecule has 3 atom stereocenters. The summed E-state index contributed by atoms with van der Waals surface area (Å²) in [5.74, 6) is -0.226. The predicted octanol–water partition coefficient (Wildman–Crippen LogP) is 8.49. The number of aliphatic hydroxyl groups is 1. The van der Waals surface area contributed by atoms with Crippen LogP contribution in [-0.2, 0) is 18.4 Å². The number of phosphoric acid groups is 1. The van der Waals surface area contributed by atoms with Gasteiger partial charge < -0.3 is 28.8 Å². The Bertz CT molecular complexity index is 954. The minimum atomic E-state index is -4.59. The summed E-state index contributed by atoms with van der Waals surface area (Å²) in [5, 5.41) is 13.6. The van der Waals surface area contributed by atoms with Crippen LogP contribution < -0.4 is 10.2 Å². The number of aliphatic hydroxyl groups excluding tert-OH is 1. The molecule has 0 aliphatic heterocycles. The standard InChI is InChI=1S/C38H69N2O6P/c1-6-8-10-12-14-16-17-18-19-20-21-22-23-24-26-28-30-32-38(42)39-36(35-46-47(43,44)45-34-33-40(3,4)5)37(41)31-29-27-25-15-13-11-9-7-2/h8,10,13-16,18-19,29,31,36-37,41H,6-7,9,11-12,17,20-28,30,32-35H2,1-5H3,(H-,39,42,43,44)/b10-8-,15-13+,16-14-,19-18-,31-29+. The smallest absolute Gasteiger partial charge is 0.268 e. The Balaban J connectivity index is 4.49. The van der Waals surface area contributed by atoms with Crippen molar-refractivity contribution in [3.05, 3.63) is 60.8 Å². The number of unbranched alkanes of at least 4 members (excludes halogenated alkanes) is 10. The van der Waals surface area contributed by atoms with Crippen molar-refractivity contribution >= 4 is 13.7 Å². The van der Waals surface area contributed by atoms with Crippen molar-refractivity contribution in [3.63, 3.8) is 0 Å². The molecule has 9 heteroatoms. The predicted molar refractivity (Wildman–Crippen MR) is 196 cm³/mol. The van der Waals surface area contributed by atoms with Gasteiger partial charge in [0.25, 0.3) is 7.82 Å². The van der Waals surface area contributed by atoms with Gasteiger partial charge in [-0.2, -0.15) is 0 Å². The third kappa shape index (κ3) is 32.5. The van der Waals surface area contributed by atoms with Gasteiger partial charge in [-0.05, 0) is 57.8 Å². The van der Waals surface area contributed by atoms with Crippen LogP contribution in [0.25, 0.3) is 0 Å². The molecule has 0 aliphatic rings. The van der Waals surface area contributed by atoms with E-state index in [1.54, 1.807) is 6.08 Å². The first-order valence-corrected chi connectivity index (χ1v) is 19.6. The lowest BCUT2D eigenvalue weighted by Crippen LogP contribution is -2.45. The second-order valence-electron chi connectivity index (χ2n) is 13.2. The van der Waals surface area contributed by atoms with Crippen LogP contribution in [0.4, 0.5) is 0 Å². The van der Waals surface area contributed by atoms with Crippen molar-refractivity contribution < 1.29 is 32.9 Å². The van der Waals surface area contributed by atoms with Crippen molar-refractivity contribution in [2.45, 2.75) is 135 Å². The molecule has 0 saturated heterocycles. The molecule has 0 aliphatic carbocycles. The summed E-state index contributed by atoms with van der Waals surface area (Å²) >= 11 is 0. The summed E-state index contributed by atoms with van der Waals surface area (Å²) in [7, 11) is 1.22. The lowest BCUT2D eigenvalue weighted by molar-refractivity contribution is -0.870. The summed E-state index contributed by atoms with van der Waals surface area (Å²) in [6.45, 7) is 4.39. The first kappa shape index (κ1) is 45.2. The monoisotopic (exact) mass is 680 g/mol. The Hall–Kier alpha value is -1.80. The largest absolute Gasteiger partial charge is 0.756 e. The number of carbonyl (C=O) groups is 1. The fourth-order valence-electron chi connectivity index (χ4n) is 4.52. The minimum absolute atomic E-state index is 0.0119. The first-order chi connectivity index (χ1) is 22.5. The zero-order chi connectivity index (χ0) is 35.1. The molecule has 0 rings (SSSR count). The zero-order valence-corrected chi connectivity index (χ0v) is 31.3. The van der Waals surface area contributed by atoms with Crippen molar-refractivity contribution in [2.75, 3.05) is 40.9 Å². The first-order valence-electron chi connectivity index (χ1n) is 18.2. The lowest BCUT2D eigenvalue weighted by atomic mass is 10.1. The molecule has 0 radical (unpaired) electrons. The van der Waals surface area contributed by atoms with Gasteiger partial charge >= 0.3 is 0 Å². The van der Waals surface area contributed by atoms with E-state index in [0.29, 0.717) is 17.4 Å². The van der Waals surface area contributed by atoms with Crippen LogP contribution in [0.1, 0.15) is 123 Å². The van der Waals surface area contributed by atoms with Crippen molar-refractivity contribution in [3.8, 4) is 0 Å². The van der Waals surface area contributed by atoms with Crippen molar-refractivity contribution in [1.82, 2.24) is 5.32 Å². The van der Waals surface area contributed by atoms with Gasteiger partial charge in [0.15, 0.2) is 0 Å². The number of carbonyl (C=O) groups excluding carboxylic acids is 1. The highest BCUT2D eigenvalue weighted by atomic mass is 31.2. The summed E-state index contributed by atoms with van der Waals surface area (Å²) in [4.78, 5) is 25.1. The SMILES string of the molecule is CC/C=C\C/C=C\C/C=C\CCCCCCCCCC(=O)NC(COP(=O)([O-])OCC[N+](C)(C)C)C(O)/C=C/CC/C=C/CCCC. The maximum absolute atomic E-state index is 12.7. The number of likely N-dealkylation sites (N-methyl/N-ethyl adjacent to an activating group) is 1. The van der Waals surface area contributed by atoms with E-state index in [1.807, 2.05) is 27.2 Å². The summed E-state index contributed by atoms with van der Waals surface area (Å²) in [6, 6.07) is -0.906. The van der Waals surface area contributed by atoms with Crippen molar-refractivity contribution in [2.24, 2.45) is 0 Å². The fraction of sp³-hybridized carbons (Fsp3) is 0.711. The molecule has 47 heavy (non-hydrogen) atoms. The second-order valence-corrected chi connectivity index (χ2v) is 14.6. The number of allylic oxidation sites excluding steroid dienone is 9. The van der Waals surface area contributed by atoms with E-state index in [0.717, 1.165) is 77.0 Å². The molecule has 0 heterocycles. The van der Waals surface area contributed by atoms with E-state index < -0.39 is 26.6 Å². The van der Waals surface area contributed by atoms with Crippen LogP contribution in [0.3, 0.4) is 0 Å². The van der Waals surface area contributed by atoms with E-state index >= 15 is 0 Å². The van der Waals surface area contributed by atoms with Gasteiger partial charge in [-0.25, -0.2) is 0 Å². The third-order valence-corrected chi connectivity index (χ3v) is 8.43. The number of phosphoric ester groups is 1. The molecule has 1 amide bonds. The highest BCUT2D eigenvalue weighted by Gasteiger charge is 2.23. The Morgan fingerprint density at radius 3 is 1.98 bits per heavy atom. The number of nitrogens with one attached hydrogen (secondary N) is 1. The highest BCUT2D eigenvalue weighted by molar-refractivity contribution is 7.45. The molecule has 0 aromatic carbocycles. The number of rotatable bonds is 31. The average Bonchev–Trinajstić information content (AvgIpc) is 3.01. The van der Waals surface area contributed by atoms with Gasteiger partial charge in [-0.15, -0.1) is 0 Å². The zero-order valence-electron chi connectivity index (χ0n) is 30.5. The van der Waals surface area contributed by atoms with Crippen LogP contribution in [0.2, 0.25) is 0 Å². The maximum Gasteiger partial charge on any atom is 0.268 e. The summed E-state index contributed by atoms with van der Waals surface area (Å²) < 4.78 is 23.0. The number of hydrogen-bond donors (Lipinski definition) is 2. The molecule has 0 aromatic heterocycles. The van der Waals surface area contributed by atoms with E-state index in [9.17, 15) is 19.4 Å². The maximum atomic E-state index is 12.7. The molecular weight excluding hydrogens is 611 g/mol. The quantitative estimate of drug-likeness (QED) is 0.0329. The Morgan fingerprint density at radius 2 is 1.32 bits per heavy atom. The molecule has 2 N–H and O–H groups in total. The second kappa shape index (κ2) is 30.3. The molecule has 3 unspecified atom stereocenters. The van der Waals surface area contributed by atoms with Gasteiger partial charge in [0.05, 0.1) is 39.9 Å². The molecule has 8 nitrogen and oxygen atoms in total. The fourth-order valence-corrected chi connectivity index (χ4v) is 5.24. The minimum Gasteiger partial charge on any atom is -0.756 e. The van der Waals surface area contributed by atoms with E-state index in [2.05, 4.69) is 67.8 Å². The molecule has 272 valence electrons. The van der Waals surface area contributed by atoms with E-state index in [1.165, 1.54) is 25.7 Å². The summed E-state index contributed by atoms with van der Waals surface area (Å²) in [6.07, 6.45) is 37.1. The number of hydrogen-bond acceptors (Lipinski definition) is 6. The number of nitrogens with zero attached hydrogens (tertiary/aromatic N) is 1. The molecule has 0 saturated carbocycles. The Labute approximate surface area is 288 Å². The van der Waals surface area contributed by atoms with Crippen LogP contribution in [0.15, 0.2) is 60.8 Å². The highest BCUT2D eigenvalue weighted by Crippen LogP contribution is 2.38. The lowest BCUT2D eigenvalue weighted by Gasteiger charge is -2.29. The topological polar surface area (TPSA) is 108 Å². The van der Waals surface area contributed by atoms with Gasteiger partial charge in [0.2, 0.25) is 5.91 Å². The van der Waals surface area contributed by atoms with Gasteiger partial charge in [-0.1, -0.05) is 120 Å². The molecule has 0 spiro atoms. The number of amides is 1. The Kier molecular flexibility index (Phi) is 29.1. The van der Waals surface area contributed by atoms with Gasteiger partial charge in [0.1, 0.15) is 13.2 Å². The third-order valence-electron chi connectivity index (χ3n) is 7.46. The molecule has 0 fully saturated rings. The molecule has 0 aromatic rings. The normalized spacial score (nSPS) is 15.5. The van der Waals surface area contributed by atoms with Gasteiger partial charge in [-0.3, -0.25) is 9.36 Å². The van der Waals surface area contributed by atoms with Crippen LogP contribution in [-0.4, -0.2) is 68.5 Å². The van der Waals surface area contributed by atoms with E-state index in [-0.39, 0.29) is 12.5 Å². The summed E-state index contributed by atoms with van der Waals surface area (Å²) in [5.41, 5.74) is 0. The van der Waals surface area contributed by atoms with Crippen molar-refractivity contribution in [1.29, 1.82) is 0 Å². The Morgan fingerprint density at radius 1 is 0.766 bits per heavy atom. The van der Waals surface area contributed by atoms with Gasteiger partial charge in [0, 0.05) is 6.42 Å². The van der Waals surface area contributed by atoms with Crippen LogP contribution in [0, 0.1) is 0 Å². The van der Waals surface area contributed by atoms with Crippen LogP contribution >= 0.6 is 7.82 Å².